The van der Waals surface area contributed by atoms with E-state index in [1.54, 1.807) is 0 Å². The fraction of sp³-hybridized carbons (Fsp3) is 0.357. The van der Waals surface area contributed by atoms with Gasteiger partial charge in [-0.25, -0.2) is 0 Å². The lowest BCUT2D eigenvalue weighted by molar-refractivity contribution is -0.433. The van der Waals surface area contributed by atoms with Gasteiger partial charge in [-0.2, -0.15) is 4.58 Å². The quantitative estimate of drug-likeness (QED) is 0.244. The molecule has 0 amide bonds. The summed E-state index contributed by atoms with van der Waals surface area (Å²) in [5.74, 6) is 1.78. The van der Waals surface area contributed by atoms with Crippen LogP contribution in [0.25, 0.3) is 0 Å². The Hall–Kier alpha value is -4.15. The van der Waals surface area contributed by atoms with Crippen LogP contribution in [0.1, 0.15) is 77.5 Å². The SMILES string of the molecule is CCN1/C(=C/C=C2\CCCC(/C=C/C3=[N+](CC)c4ccccc4C3(C)C)=C2Oc2ccc(CCO)cc2)C(C)(C)c2ccccc21. The Morgan fingerprint density at radius 3 is 2.26 bits per heavy atom. The van der Waals surface area contributed by atoms with Crippen LogP contribution in [0, 0.1) is 0 Å². The van der Waals surface area contributed by atoms with Crippen molar-refractivity contribution in [2.75, 3.05) is 24.6 Å². The fourth-order valence-corrected chi connectivity index (χ4v) is 7.65. The van der Waals surface area contributed by atoms with E-state index in [0.717, 1.165) is 49.4 Å². The fourth-order valence-electron chi connectivity index (χ4n) is 7.65. The molecule has 2 heterocycles. The minimum atomic E-state index is -0.0857. The van der Waals surface area contributed by atoms with Crippen LogP contribution in [0.2, 0.25) is 0 Å². The van der Waals surface area contributed by atoms with Crippen LogP contribution in [0.15, 0.2) is 120 Å². The number of aliphatic hydroxyl groups is 1. The van der Waals surface area contributed by atoms with Gasteiger partial charge in [0.05, 0.1) is 5.41 Å². The first-order chi connectivity index (χ1) is 22.2. The van der Waals surface area contributed by atoms with E-state index in [4.69, 9.17) is 4.74 Å². The third-order valence-corrected chi connectivity index (χ3v) is 10.1. The number of ether oxygens (including phenoxy) is 1. The van der Waals surface area contributed by atoms with Crippen molar-refractivity contribution in [1.29, 1.82) is 0 Å². The van der Waals surface area contributed by atoms with Gasteiger partial charge in [-0.3, -0.25) is 0 Å². The second-order valence-electron chi connectivity index (χ2n) is 13.7. The summed E-state index contributed by atoms with van der Waals surface area (Å²) in [7, 11) is 0. The molecule has 0 radical (unpaired) electrons. The summed E-state index contributed by atoms with van der Waals surface area (Å²) in [6.45, 7) is 15.8. The second-order valence-corrected chi connectivity index (χ2v) is 13.7. The van der Waals surface area contributed by atoms with E-state index in [1.807, 2.05) is 12.1 Å². The molecular weight excluding hydrogens is 564 g/mol. The molecule has 0 spiro atoms. The lowest BCUT2D eigenvalue weighted by Crippen LogP contribution is -2.27. The van der Waals surface area contributed by atoms with E-state index in [9.17, 15) is 5.11 Å². The third kappa shape index (κ3) is 5.69. The third-order valence-electron chi connectivity index (χ3n) is 10.1. The zero-order valence-electron chi connectivity index (χ0n) is 28.4. The Kier molecular flexibility index (Phi) is 8.94. The number of nitrogens with zero attached hydrogens (tertiary/aromatic N) is 2. The molecule has 0 saturated carbocycles. The summed E-state index contributed by atoms with van der Waals surface area (Å²) in [4.78, 5) is 2.45. The highest BCUT2D eigenvalue weighted by atomic mass is 16.5. The molecule has 0 saturated heterocycles. The van der Waals surface area contributed by atoms with Crippen molar-refractivity contribution in [3.8, 4) is 5.75 Å². The number of hydrogen-bond donors (Lipinski definition) is 1. The van der Waals surface area contributed by atoms with Gasteiger partial charge in [-0.1, -0.05) is 68.5 Å². The molecule has 238 valence electrons. The zero-order chi connectivity index (χ0) is 32.5. The number of anilines is 1. The van der Waals surface area contributed by atoms with Gasteiger partial charge in [0, 0.05) is 47.7 Å². The molecule has 0 unspecified atom stereocenters. The second kappa shape index (κ2) is 12.9. The number of aliphatic hydroxyl groups excluding tert-OH is 1. The summed E-state index contributed by atoms with van der Waals surface area (Å²) in [5, 5.41) is 9.41. The van der Waals surface area contributed by atoms with Gasteiger partial charge in [0.15, 0.2) is 5.71 Å². The van der Waals surface area contributed by atoms with Gasteiger partial charge in [-0.15, -0.1) is 0 Å². The number of fused-ring (bicyclic) bond motifs is 2. The van der Waals surface area contributed by atoms with E-state index in [2.05, 4.69) is 136 Å². The summed E-state index contributed by atoms with van der Waals surface area (Å²) in [6.07, 6.45) is 13.0. The van der Waals surface area contributed by atoms with Crippen molar-refractivity contribution in [2.24, 2.45) is 0 Å². The van der Waals surface area contributed by atoms with E-state index >= 15 is 0 Å². The summed E-state index contributed by atoms with van der Waals surface area (Å²) >= 11 is 0. The average Bonchev–Trinajstić information content (AvgIpc) is 3.42. The predicted molar refractivity (Wildman–Crippen MR) is 191 cm³/mol. The van der Waals surface area contributed by atoms with Crippen molar-refractivity contribution in [2.45, 2.75) is 78.1 Å². The van der Waals surface area contributed by atoms with Crippen LogP contribution >= 0.6 is 0 Å². The largest absolute Gasteiger partial charge is 0.457 e. The number of rotatable bonds is 9. The molecule has 2 aliphatic heterocycles. The van der Waals surface area contributed by atoms with Gasteiger partial charge in [-0.05, 0) is 106 Å². The average molecular weight is 614 g/mol. The van der Waals surface area contributed by atoms with E-state index in [-0.39, 0.29) is 17.4 Å². The maximum Gasteiger partial charge on any atom is 0.209 e. The van der Waals surface area contributed by atoms with Crippen molar-refractivity contribution in [1.82, 2.24) is 0 Å². The standard InChI is InChI=1S/C42H49N2O2/c1-7-43-36-18-11-9-16-34(36)41(3,4)38(43)26-22-31-14-13-15-32(40(31)46-33-24-20-30(21-25-33)28-29-45)23-27-39-42(5,6)35-17-10-12-19-37(35)44(39)8-2/h9-12,16-27,45H,7-8,13-15,28-29H2,1-6H3/q+1. The van der Waals surface area contributed by atoms with E-state index in [0.29, 0.717) is 6.42 Å². The molecule has 1 N–H and O–H groups in total. The Labute approximate surface area is 275 Å². The highest BCUT2D eigenvalue weighted by Gasteiger charge is 2.43. The van der Waals surface area contributed by atoms with Crippen molar-refractivity contribution in [3.05, 3.63) is 136 Å². The van der Waals surface area contributed by atoms with Gasteiger partial charge >= 0.3 is 0 Å². The highest BCUT2D eigenvalue weighted by Crippen LogP contribution is 2.47. The molecule has 3 aromatic carbocycles. The minimum absolute atomic E-state index is 0.0857. The maximum atomic E-state index is 9.41. The lowest BCUT2D eigenvalue weighted by atomic mass is 9.81. The number of likely N-dealkylation sites (N-methyl/N-ethyl adjacent to an activating group) is 1. The first kappa shape index (κ1) is 31.8. The van der Waals surface area contributed by atoms with Crippen molar-refractivity contribution >= 4 is 17.1 Å². The molecule has 0 bridgehead atoms. The monoisotopic (exact) mass is 613 g/mol. The van der Waals surface area contributed by atoms with Crippen LogP contribution in [0.3, 0.4) is 0 Å². The number of benzene rings is 3. The Morgan fingerprint density at radius 2 is 1.54 bits per heavy atom. The van der Waals surface area contributed by atoms with Crippen LogP contribution in [-0.4, -0.2) is 35.1 Å². The Bertz CT molecular complexity index is 1760. The number of hydrogen-bond acceptors (Lipinski definition) is 3. The van der Waals surface area contributed by atoms with Crippen molar-refractivity contribution in [3.63, 3.8) is 0 Å². The molecule has 6 rings (SSSR count). The predicted octanol–water partition coefficient (Wildman–Crippen LogP) is 9.32. The molecule has 0 aromatic heterocycles. The Balaban J connectivity index is 1.43. The molecular formula is C42H49N2O2+. The van der Waals surface area contributed by atoms with Crippen LogP contribution in [0.5, 0.6) is 5.75 Å². The first-order valence-electron chi connectivity index (χ1n) is 17.0. The lowest BCUT2D eigenvalue weighted by Gasteiger charge is -2.26. The van der Waals surface area contributed by atoms with Crippen molar-refractivity contribution < 1.29 is 14.4 Å². The van der Waals surface area contributed by atoms with Gasteiger partial charge in [0.25, 0.3) is 0 Å². The summed E-state index contributed by atoms with van der Waals surface area (Å²) in [6, 6.07) is 25.8. The summed E-state index contributed by atoms with van der Waals surface area (Å²) in [5.41, 5.74) is 11.4. The van der Waals surface area contributed by atoms with Crippen LogP contribution in [0.4, 0.5) is 11.4 Å². The molecule has 46 heavy (non-hydrogen) atoms. The Morgan fingerprint density at radius 1 is 0.826 bits per heavy atom. The minimum Gasteiger partial charge on any atom is -0.457 e. The van der Waals surface area contributed by atoms with E-state index < -0.39 is 0 Å². The molecule has 3 aromatic rings. The zero-order valence-corrected chi connectivity index (χ0v) is 28.4. The van der Waals surface area contributed by atoms with Crippen LogP contribution in [-0.2, 0) is 17.3 Å². The number of allylic oxidation sites excluding steroid dienone is 7. The van der Waals surface area contributed by atoms with Crippen LogP contribution < -0.4 is 9.64 Å². The van der Waals surface area contributed by atoms with E-state index in [1.165, 1.54) is 45.1 Å². The van der Waals surface area contributed by atoms with Gasteiger partial charge in [0.1, 0.15) is 18.1 Å². The van der Waals surface area contributed by atoms with Gasteiger partial charge in [0.2, 0.25) is 5.69 Å². The maximum absolute atomic E-state index is 9.41. The molecule has 1 aliphatic carbocycles. The smallest absolute Gasteiger partial charge is 0.209 e. The normalized spacial score (nSPS) is 20.3. The number of para-hydroxylation sites is 2. The molecule has 4 nitrogen and oxygen atoms in total. The topological polar surface area (TPSA) is 35.7 Å². The highest BCUT2D eigenvalue weighted by molar-refractivity contribution is 6.03. The molecule has 0 atom stereocenters. The van der Waals surface area contributed by atoms with Gasteiger partial charge < -0.3 is 14.7 Å². The molecule has 3 aliphatic rings. The molecule has 0 fully saturated rings. The summed E-state index contributed by atoms with van der Waals surface area (Å²) < 4.78 is 9.26. The first-order valence-corrected chi connectivity index (χ1v) is 17.0. The molecule has 4 heteroatoms.